The van der Waals surface area contributed by atoms with Crippen LogP contribution in [0.25, 0.3) is 0 Å². The van der Waals surface area contributed by atoms with Crippen LogP contribution in [0.3, 0.4) is 0 Å². The number of aromatic nitrogens is 2. The lowest BCUT2D eigenvalue weighted by Gasteiger charge is -2.39. The van der Waals surface area contributed by atoms with Gasteiger partial charge in [-0.1, -0.05) is 6.07 Å². The van der Waals surface area contributed by atoms with Crippen LogP contribution in [0.15, 0.2) is 18.5 Å². The molecule has 3 aliphatic rings. The second-order valence-electron chi connectivity index (χ2n) is 8.91. The molecule has 0 saturated carbocycles. The van der Waals surface area contributed by atoms with Crippen molar-refractivity contribution in [3.05, 3.63) is 45.9 Å². The Morgan fingerprint density at radius 1 is 1.15 bits per heavy atom. The van der Waals surface area contributed by atoms with Crippen molar-refractivity contribution < 1.29 is 17.9 Å². The molecule has 2 aliphatic carbocycles. The van der Waals surface area contributed by atoms with Crippen LogP contribution >= 0.6 is 0 Å². The van der Waals surface area contributed by atoms with Crippen molar-refractivity contribution in [2.45, 2.75) is 57.4 Å². The largest absolute Gasteiger partial charge is 0.740 e. The SMILES string of the molecule is Cn1cc(N(C2CCOCC2)S(=O)(=O)N([O-])C(=O)Nc2c3c(cc4c2CCC4)CCC3)cn1. The Morgan fingerprint density at radius 2 is 1.79 bits per heavy atom. The van der Waals surface area contributed by atoms with Gasteiger partial charge in [0.15, 0.2) is 0 Å². The zero-order chi connectivity index (χ0) is 23.2. The van der Waals surface area contributed by atoms with Crippen molar-refractivity contribution in [2.75, 3.05) is 22.8 Å². The number of nitrogens with zero attached hydrogens (tertiary/aromatic N) is 4. The number of nitrogens with one attached hydrogen (secondary N) is 1. The molecule has 0 unspecified atom stereocenters. The molecule has 1 aromatic heterocycles. The van der Waals surface area contributed by atoms with Gasteiger partial charge in [-0.25, -0.2) is 9.10 Å². The minimum Gasteiger partial charge on any atom is -0.740 e. The molecule has 10 nitrogen and oxygen atoms in total. The molecule has 5 rings (SSSR count). The number of hydrogen-bond donors (Lipinski definition) is 1. The molecule has 33 heavy (non-hydrogen) atoms. The minimum atomic E-state index is -4.70. The summed E-state index contributed by atoms with van der Waals surface area (Å²) in [4.78, 5) is 13.0. The van der Waals surface area contributed by atoms with Gasteiger partial charge in [-0.3, -0.25) is 9.15 Å². The van der Waals surface area contributed by atoms with Gasteiger partial charge in [-0.2, -0.15) is 13.5 Å². The number of urea groups is 1. The minimum absolute atomic E-state index is 0.250. The van der Waals surface area contributed by atoms with Gasteiger partial charge in [0, 0.05) is 32.1 Å². The van der Waals surface area contributed by atoms with E-state index in [0.29, 0.717) is 31.7 Å². The Morgan fingerprint density at radius 3 is 2.36 bits per heavy atom. The molecule has 2 amide bonds. The summed E-state index contributed by atoms with van der Waals surface area (Å²) in [5.41, 5.74) is 5.32. The van der Waals surface area contributed by atoms with Crippen LogP contribution in [0.2, 0.25) is 0 Å². The molecular formula is C22H28N5O5S-. The predicted octanol–water partition coefficient (Wildman–Crippen LogP) is 2.66. The van der Waals surface area contributed by atoms with E-state index in [-0.39, 0.29) is 5.69 Å². The molecule has 1 fully saturated rings. The number of fused-ring (bicyclic) bond motifs is 2. The number of ether oxygens (including phenoxy) is 1. The lowest BCUT2D eigenvalue weighted by Crippen LogP contribution is -2.51. The monoisotopic (exact) mass is 474 g/mol. The second-order valence-corrected chi connectivity index (χ2v) is 10.5. The fourth-order valence-electron chi connectivity index (χ4n) is 5.28. The highest BCUT2D eigenvalue weighted by molar-refractivity contribution is 7.91. The second kappa shape index (κ2) is 8.62. The number of amides is 2. The van der Waals surface area contributed by atoms with Crippen molar-refractivity contribution in [3.63, 3.8) is 0 Å². The summed E-state index contributed by atoms with van der Waals surface area (Å²) in [6, 6.07) is 0.522. The number of rotatable bonds is 5. The van der Waals surface area contributed by atoms with Crippen LogP contribution in [-0.4, -0.2) is 48.0 Å². The molecule has 0 bridgehead atoms. The molecule has 178 valence electrons. The number of aryl methyl sites for hydroxylation is 3. The number of anilines is 2. The molecule has 1 aliphatic heterocycles. The third-order valence-corrected chi connectivity index (χ3v) is 8.39. The Balaban J connectivity index is 1.45. The van der Waals surface area contributed by atoms with E-state index in [1.807, 2.05) is 0 Å². The van der Waals surface area contributed by atoms with Crippen molar-refractivity contribution in [3.8, 4) is 0 Å². The van der Waals surface area contributed by atoms with Gasteiger partial charge in [-0.05, 0) is 73.6 Å². The van der Waals surface area contributed by atoms with Crippen LogP contribution in [-0.2, 0) is 47.7 Å². The predicted molar refractivity (Wildman–Crippen MR) is 123 cm³/mol. The van der Waals surface area contributed by atoms with E-state index in [4.69, 9.17) is 4.74 Å². The first-order valence-corrected chi connectivity index (χ1v) is 12.8. The van der Waals surface area contributed by atoms with Crippen LogP contribution in [0.5, 0.6) is 0 Å². The van der Waals surface area contributed by atoms with Crippen LogP contribution < -0.4 is 9.62 Å². The van der Waals surface area contributed by atoms with Crippen molar-refractivity contribution in [1.82, 2.24) is 14.2 Å². The normalized spacial score (nSPS) is 18.1. The quantitative estimate of drug-likeness (QED) is 0.666. The molecule has 1 N–H and O–H groups in total. The van der Waals surface area contributed by atoms with E-state index < -0.39 is 26.8 Å². The molecular weight excluding hydrogens is 446 g/mol. The summed E-state index contributed by atoms with van der Waals surface area (Å²) < 4.78 is 34.3. The first-order chi connectivity index (χ1) is 15.9. The highest BCUT2D eigenvalue weighted by atomic mass is 32.2. The highest BCUT2D eigenvalue weighted by Crippen LogP contribution is 2.39. The van der Waals surface area contributed by atoms with E-state index >= 15 is 0 Å². The molecule has 0 spiro atoms. The smallest absolute Gasteiger partial charge is 0.326 e. The number of carbonyl (C=O) groups is 1. The maximum absolute atomic E-state index is 13.4. The zero-order valence-electron chi connectivity index (χ0n) is 18.6. The Labute approximate surface area is 193 Å². The summed E-state index contributed by atoms with van der Waals surface area (Å²) in [5.74, 6) is 0. The molecule has 2 heterocycles. The number of benzene rings is 1. The summed E-state index contributed by atoms with van der Waals surface area (Å²) in [6.45, 7) is 0.759. The first kappa shape index (κ1) is 22.2. The Bertz CT molecular complexity index is 1140. The Hall–Kier alpha value is -2.63. The third kappa shape index (κ3) is 3.98. The van der Waals surface area contributed by atoms with E-state index in [9.17, 15) is 18.4 Å². The molecule has 0 atom stereocenters. The lowest BCUT2D eigenvalue weighted by molar-refractivity contribution is 0.0874. The van der Waals surface area contributed by atoms with E-state index in [0.717, 1.165) is 54.0 Å². The standard InChI is InChI=1S/C22H28N5O5S/c1-25-14-18(13-23-25)26(17-8-10-32-11-9-17)33(30,31)27(29)22(28)24-21-19-6-2-4-15(19)12-16-5-3-7-20(16)21/h12-14,17H,2-11H2,1H3,(H,24,28)/q-1. The van der Waals surface area contributed by atoms with E-state index in [1.165, 1.54) is 28.2 Å². The van der Waals surface area contributed by atoms with Crippen molar-refractivity contribution >= 4 is 27.6 Å². The number of hydroxylamine groups is 1. The first-order valence-electron chi connectivity index (χ1n) is 11.4. The summed E-state index contributed by atoms with van der Waals surface area (Å²) in [7, 11) is -3.03. The van der Waals surface area contributed by atoms with Crippen LogP contribution in [0, 0.1) is 5.21 Å². The van der Waals surface area contributed by atoms with Gasteiger partial charge < -0.3 is 15.3 Å². The highest BCUT2D eigenvalue weighted by Gasteiger charge is 2.36. The van der Waals surface area contributed by atoms with Crippen molar-refractivity contribution in [2.24, 2.45) is 7.05 Å². The van der Waals surface area contributed by atoms with Gasteiger partial charge in [0.05, 0.1) is 17.9 Å². The number of carbonyl (C=O) groups excluding carboxylic acids is 1. The Kier molecular flexibility index (Phi) is 5.79. The van der Waals surface area contributed by atoms with E-state index in [2.05, 4.69) is 16.5 Å². The molecule has 0 radical (unpaired) electrons. The molecule has 2 aromatic rings. The van der Waals surface area contributed by atoms with Crippen LogP contribution in [0.4, 0.5) is 16.2 Å². The summed E-state index contributed by atoms with van der Waals surface area (Å²) >= 11 is 0. The molecule has 1 aromatic carbocycles. The van der Waals surface area contributed by atoms with Gasteiger partial charge in [0.1, 0.15) is 0 Å². The van der Waals surface area contributed by atoms with Crippen LogP contribution in [0.1, 0.15) is 47.9 Å². The van der Waals surface area contributed by atoms with Gasteiger partial charge in [-0.15, -0.1) is 0 Å². The molecule has 1 saturated heterocycles. The van der Waals surface area contributed by atoms with E-state index in [1.54, 1.807) is 7.05 Å². The van der Waals surface area contributed by atoms with Gasteiger partial charge in [0.2, 0.25) is 0 Å². The van der Waals surface area contributed by atoms with Crippen molar-refractivity contribution in [1.29, 1.82) is 0 Å². The van der Waals surface area contributed by atoms with Gasteiger partial charge in [0.25, 0.3) is 0 Å². The summed E-state index contributed by atoms with van der Waals surface area (Å²) in [5, 5.41) is 19.8. The maximum atomic E-state index is 13.4. The lowest BCUT2D eigenvalue weighted by atomic mass is 9.99. The molecule has 11 heteroatoms. The average molecular weight is 475 g/mol. The maximum Gasteiger partial charge on any atom is 0.326 e. The zero-order valence-corrected chi connectivity index (χ0v) is 19.4. The summed E-state index contributed by atoms with van der Waals surface area (Å²) in [6.07, 6.45) is 9.21. The number of hydrogen-bond acceptors (Lipinski definition) is 6. The topological polar surface area (TPSA) is 120 Å². The third-order valence-electron chi connectivity index (χ3n) is 6.80. The van der Waals surface area contributed by atoms with Gasteiger partial charge >= 0.3 is 16.2 Å². The average Bonchev–Trinajstić information content (AvgIpc) is 3.55. The fraction of sp³-hybridized carbons (Fsp3) is 0.545. The fourth-order valence-corrected chi connectivity index (χ4v) is 6.64.